The van der Waals surface area contributed by atoms with Crippen molar-refractivity contribution in [3.63, 3.8) is 0 Å². The van der Waals surface area contributed by atoms with Gasteiger partial charge in [-0.1, -0.05) is 12.1 Å². The third-order valence-corrected chi connectivity index (χ3v) is 4.00. The van der Waals surface area contributed by atoms with Gasteiger partial charge >= 0.3 is 0 Å². The van der Waals surface area contributed by atoms with Crippen LogP contribution in [0, 0.1) is 0 Å². The predicted octanol–water partition coefficient (Wildman–Crippen LogP) is 2.63. The van der Waals surface area contributed by atoms with Crippen LogP contribution >= 0.6 is 11.3 Å². The number of carbonyl (C=O) groups excluding carboxylic acids is 1. The van der Waals surface area contributed by atoms with Crippen LogP contribution < -0.4 is 10.1 Å². The highest BCUT2D eigenvalue weighted by molar-refractivity contribution is 7.16. The second-order valence-corrected chi connectivity index (χ2v) is 5.24. The lowest BCUT2D eigenvalue weighted by molar-refractivity contribution is 0.0945. The average molecular weight is 299 g/mol. The fourth-order valence-electron chi connectivity index (χ4n) is 2.01. The Kier molecular flexibility index (Phi) is 3.79. The van der Waals surface area contributed by atoms with Crippen LogP contribution in [0.15, 0.2) is 42.0 Å². The Hall–Kier alpha value is -2.47. The van der Waals surface area contributed by atoms with Gasteiger partial charge in [-0.25, -0.2) is 4.98 Å². The Morgan fingerprint density at radius 2 is 2.24 bits per heavy atom. The number of nitrogens with zero attached hydrogens (tertiary/aromatic N) is 2. The molecule has 6 heteroatoms. The number of hydrogen-bond donors (Lipinski definition) is 1. The van der Waals surface area contributed by atoms with Crippen molar-refractivity contribution in [2.45, 2.75) is 6.54 Å². The van der Waals surface area contributed by atoms with Gasteiger partial charge in [-0.05, 0) is 17.7 Å². The summed E-state index contributed by atoms with van der Waals surface area (Å²) in [5.74, 6) is 0.384. The van der Waals surface area contributed by atoms with Crippen LogP contribution in [-0.4, -0.2) is 23.0 Å². The molecule has 0 aliphatic rings. The van der Waals surface area contributed by atoms with E-state index in [0.717, 1.165) is 15.8 Å². The summed E-state index contributed by atoms with van der Waals surface area (Å²) in [5.41, 5.74) is 4.14. The van der Waals surface area contributed by atoms with Gasteiger partial charge in [0.2, 0.25) is 0 Å². The average Bonchev–Trinajstić information content (AvgIpc) is 3.01. The number of methoxy groups -OCH3 is 1. The summed E-state index contributed by atoms with van der Waals surface area (Å²) >= 11 is 1.57. The molecule has 0 spiro atoms. The number of rotatable bonds is 4. The molecule has 0 fully saturated rings. The molecule has 0 aliphatic heterocycles. The van der Waals surface area contributed by atoms with Gasteiger partial charge in [-0.15, -0.1) is 11.3 Å². The Morgan fingerprint density at radius 1 is 1.33 bits per heavy atom. The summed E-state index contributed by atoms with van der Waals surface area (Å²) in [5, 5.41) is 2.87. The van der Waals surface area contributed by atoms with Gasteiger partial charge in [-0.2, -0.15) is 0 Å². The van der Waals surface area contributed by atoms with Gasteiger partial charge in [0, 0.05) is 18.8 Å². The summed E-state index contributed by atoms with van der Waals surface area (Å²) < 4.78 is 6.18. The number of hydrogen-bond acceptors (Lipinski definition) is 5. The number of nitrogens with one attached hydrogen (secondary N) is 1. The summed E-state index contributed by atoms with van der Waals surface area (Å²) in [7, 11) is 1.56. The summed E-state index contributed by atoms with van der Waals surface area (Å²) in [6.45, 7) is 0.442. The Morgan fingerprint density at radius 3 is 3.10 bits per heavy atom. The van der Waals surface area contributed by atoms with E-state index in [1.807, 2.05) is 18.2 Å². The van der Waals surface area contributed by atoms with E-state index in [-0.39, 0.29) is 5.91 Å². The largest absolute Gasteiger partial charge is 0.497 e. The highest BCUT2D eigenvalue weighted by atomic mass is 32.1. The van der Waals surface area contributed by atoms with E-state index in [2.05, 4.69) is 15.3 Å². The number of benzene rings is 1. The fraction of sp³-hybridized carbons (Fsp3) is 0.133. The Balaban J connectivity index is 1.75. The molecule has 106 valence electrons. The quantitative estimate of drug-likeness (QED) is 0.804. The molecule has 3 rings (SSSR count). The molecule has 1 N–H and O–H groups in total. The number of ether oxygens (including phenoxy) is 1. The molecule has 0 atom stereocenters. The molecule has 2 aromatic heterocycles. The van der Waals surface area contributed by atoms with Gasteiger partial charge in [0.05, 0.1) is 22.8 Å². The van der Waals surface area contributed by atoms with E-state index >= 15 is 0 Å². The van der Waals surface area contributed by atoms with Gasteiger partial charge in [0.25, 0.3) is 5.91 Å². The van der Waals surface area contributed by atoms with Crippen LogP contribution in [0.4, 0.5) is 0 Å². The third kappa shape index (κ3) is 2.85. The van der Waals surface area contributed by atoms with Crippen molar-refractivity contribution in [3.05, 3.63) is 53.3 Å². The number of pyridine rings is 1. The maximum atomic E-state index is 12.1. The molecule has 0 unspecified atom stereocenters. The van der Waals surface area contributed by atoms with Gasteiger partial charge < -0.3 is 10.1 Å². The zero-order valence-electron chi connectivity index (χ0n) is 11.4. The molecule has 1 aromatic carbocycles. The molecule has 0 radical (unpaired) electrons. The smallest absolute Gasteiger partial charge is 0.270 e. The highest BCUT2D eigenvalue weighted by Gasteiger charge is 2.09. The lowest BCUT2D eigenvalue weighted by Gasteiger charge is -2.06. The SMILES string of the molecule is COc1ccnc(C(=O)NCc2cccc3ncsc23)c1. The topological polar surface area (TPSA) is 64.1 Å². The first-order valence-corrected chi connectivity index (χ1v) is 7.25. The van der Waals surface area contributed by atoms with Crippen LogP contribution in [0.2, 0.25) is 0 Å². The third-order valence-electron chi connectivity index (χ3n) is 3.08. The molecule has 0 bridgehead atoms. The number of thiazole rings is 1. The van der Waals surface area contributed by atoms with Crippen LogP contribution in [0.25, 0.3) is 10.2 Å². The number of aromatic nitrogens is 2. The summed E-state index contributed by atoms with van der Waals surface area (Å²) in [6.07, 6.45) is 1.55. The molecule has 0 saturated carbocycles. The Bertz CT molecular complexity index is 785. The lowest BCUT2D eigenvalue weighted by atomic mass is 10.2. The van der Waals surface area contributed by atoms with Crippen molar-refractivity contribution in [1.82, 2.24) is 15.3 Å². The van der Waals surface area contributed by atoms with E-state index in [9.17, 15) is 4.79 Å². The molecule has 5 nitrogen and oxygen atoms in total. The maximum Gasteiger partial charge on any atom is 0.270 e. The first-order valence-electron chi connectivity index (χ1n) is 6.37. The van der Waals surface area contributed by atoms with Crippen LogP contribution in [0.5, 0.6) is 5.75 Å². The maximum absolute atomic E-state index is 12.1. The van der Waals surface area contributed by atoms with Gasteiger partial charge in [0.15, 0.2) is 0 Å². The predicted molar refractivity (Wildman–Crippen MR) is 81.6 cm³/mol. The summed E-state index contributed by atoms with van der Waals surface area (Å²) in [6, 6.07) is 9.20. The van der Waals surface area contributed by atoms with Gasteiger partial charge in [0.1, 0.15) is 11.4 Å². The van der Waals surface area contributed by atoms with E-state index in [1.165, 1.54) is 0 Å². The zero-order valence-corrected chi connectivity index (χ0v) is 12.2. The molecule has 21 heavy (non-hydrogen) atoms. The monoisotopic (exact) mass is 299 g/mol. The minimum atomic E-state index is -0.226. The molecule has 0 saturated heterocycles. The first-order chi connectivity index (χ1) is 10.3. The molecule has 1 amide bonds. The normalized spacial score (nSPS) is 10.5. The second-order valence-electron chi connectivity index (χ2n) is 4.38. The van der Waals surface area contributed by atoms with E-state index in [1.54, 1.807) is 42.3 Å². The zero-order chi connectivity index (χ0) is 14.7. The van der Waals surface area contributed by atoms with Crippen LogP contribution in [0.3, 0.4) is 0 Å². The van der Waals surface area contributed by atoms with Crippen molar-refractivity contribution in [2.24, 2.45) is 0 Å². The van der Waals surface area contributed by atoms with E-state index in [0.29, 0.717) is 18.0 Å². The lowest BCUT2D eigenvalue weighted by Crippen LogP contribution is -2.23. The van der Waals surface area contributed by atoms with Crippen LogP contribution in [-0.2, 0) is 6.54 Å². The number of carbonyl (C=O) groups is 1. The molecule has 2 heterocycles. The number of fused-ring (bicyclic) bond motifs is 1. The molecular formula is C15H13N3O2S. The van der Waals surface area contributed by atoms with E-state index < -0.39 is 0 Å². The standard InChI is InChI=1S/C15H13N3O2S/c1-20-11-5-6-16-13(7-11)15(19)17-8-10-3-2-4-12-14(10)21-9-18-12/h2-7,9H,8H2,1H3,(H,17,19). The Labute approximate surface area is 125 Å². The van der Waals surface area contributed by atoms with Crippen molar-refractivity contribution < 1.29 is 9.53 Å². The van der Waals surface area contributed by atoms with Crippen molar-refractivity contribution in [3.8, 4) is 5.75 Å². The minimum absolute atomic E-state index is 0.226. The second kappa shape index (κ2) is 5.88. The van der Waals surface area contributed by atoms with E-state index in [4.69, 9.17) is 4.74 Å². The number of amides is 1. The van der Waals surface area contributed by atoms with Gasteiger partial charge in [-0.3, -0.25) is 9.78 Å². The fourth-order valence-corrected chi connectivity index (χ4v) is 2.82. The van der Waals surface area contributed by atoms with Crippen molar-refractivity contribution in [2.75, 3.05) is 7.11 Å². The molecule has 3 aromatic rings. The minimum Gasteiger partial charge on any atom is -0.497 e. The highest BCUT2D eigenvalue weighted by Crippen LogP contribution is 2.22. The van der Waals surface area contributed by atoms with Crippen molar-refractivity contribution >= 4 is 27.5 Å². The first kappa shape index (κ1) is 13.5. The van der Waals surface area contributed by atoms with Crippen LogP contribution in [0.1, 0.15) is 16.1 Å². The summed E-state index contributed by atoms with van der Waals surface area (Å²) in [4.78, 5) is 20.4. The molecule has 0 aliphatic carbocycles. The molecular weight excluding hydrogens is 286 g/mol. The van der Waals surface area contributed by atoms with Crippen molar-refractivity contribution in [1.29, 1.82) is 0 Å².